The topological polar surface area (TPSA) is 59.6 Å². The van der Waals surface area contributed by atoms with Crippen LogP contribution in [0.15, 0.2) is 71.7 Å². The van der Waals surface area contributed by atoms with Crippen LogP contribution in [0.2, 0.25) is 0 Å². The number of hydrogen-bond acceptors (Lipinski definition) is 2. The van der Waals surface area contributed by atoms with E-state index in [2.05, 4.69) is 15.0 Å². The second-order valence-corrected chi connectivity index (χ2v) is 5.20. The maximum atomic E-state index is 12.3. The minimum atomic E-state index is -4.75. The third-order valence-corrected chi connectivity index (χ3v) is 3.35. The van der Waals surface area contributed by atoms with E-state index in [9.17, 15) is 13.2 Å². The van der Waals surface area contributed by atoms with Gasteiger partial charge in [-0.15, -0.1) is 13.2 Å². The van der Waals surface area contributed by atoms with Crippen molar-refractivity contribution in [2.24, 2.45) is 10.7 Å². The molecule has 0 atom stereocenters. The number of guanidine groups is 1. The number of rotatable bonds is 3. The van der Waals surface area contributed by atoms with Gasteiger partial charge in [-0.05, 0) is 23.6 Å². The molecule has 0 saturated carbocycles. The third kappa shape index (κ3) is 4.41. The van der Waals surface area contributed by atoms with Crippen molar-refractivity contribution in [3.05, 3.63) is 66.7 Å². The lowest BCUT2D eigenvalue weighted by Crippen LogP contribution is -2.22. The van der Waals surface area contributed by atoms with Gasteiger partial charge in [-0.3, -0.25) is 0 Å². The summed E-state index contributed by atoms with van der Waals surface area (Å²) in [4.78, 5) is 4.31. The van der Waals surface area contributed by atoms with Crippen molar-refractivity contribution >= 4 is 28.1 Å². The van der Waals surface area contributed by atoms with Crippen molar-refractivity contribution < 1.29 is 17.9 Å². The number of benzene rings is 3. The molecule has 0 aromatic heterocycles. The number of alkyl halides is 3. The van der Waals surface area contributed by atoms with Crippen molar-refractivity contribution in [2.45, 2.75) is 6.36 Å². The van der Waals surface area contributed by atoms with Crippen molar-refractivity contribution in [2.75, 3.05) is 5.32 Å². The van der Waals surface area contributed by atoms with Crippen LogP contribution in [0, 0.1) is 0 Å². The molecule has 0 saturated heterocycles. The Kier molecular flexibility index (Phi) is 4.47. The first-order valence-corrected chi connectivity index (χ1v) is 7.35. The van der Waals surface area contributed by atoms with E-state index in [1.165, 1.54) is 18.2 Å². The predicted molar refractivity (Wildman–Crippen MR) is 92.0 cm³/mol. The molecule has 128 valence electrons. The van der Waals surface area contributed by atoms with Crippen LogP contribution in [0.1, 0.15) is 0 Å². The molecule has 0 aliphatic heterocycles. The van der Waals surface area contributed by atoms with Crippen LogP contribution >= 0.6 is 0 Å². The summed E-state index contributed by atoms with van der Waals surface area (Å²) in [5, 5.41) is 4.69. The second kappa shape index (κ2) is 6.72. The molecular formula is C18H14F3N3O. The lowest BCUT2D eigenvalue weighted by Gasteiger charge is -2.11. The zero-order valence-electron chi connectivity index (χ0n) is 12.9. The molecule has 25 heavy (non-hydrogen) atoms. The fourth-order valence-electron chi connectivity index (χ4n) is 2.38. The quantitative estimate of drug-likeness (QED) is 0.530. The normalized spacial score (nSPS) is 12.2. The molecule has 3 rings (SSSR count). The summed E-state index contributed by atoms with van der Waals surface area (Å²) in [6, 6.07) is 18.7. The van der Waals surface area contributed by atoms with Crippen molar-refractivity contribution in [3.63, 3.8) is 0 Å². The number of anilines is 1. The van der Waals surface area contributed by atoms with Crippen LogP contribution in [0.25, 0.3) is 10.8 Å². The van der Waals surface area contributed by atoms with E-state index in [0.29, 0.717) is 11.4 Å². The molecule has 3 N–H and O–H groups in total. The fraction of sp³-hybridized carbons (Fsp3) is 0.0556. The van der Waals surface area contributed by atoms with Crippen molar-refractivity contribution in [1.82, 2.24) is 0 Å². The lowest BCUT2D eigenvalue weighted by molar-refractivity contribution is -0.274. The molecule has 0 amide bonds. The average molecular weight is 345 g/mol. The largest absolute Gasteiger partial charge is 0.573 e. The molecule has 0 spiro atoms. The van der Waals surface area contributed by atoms with E-state index in [1.54, 1.807) is 12.1 Å². The zero-order chi connectivity index (χ0) is 17.9. The Labute approximate surface area is 141 Å². The summed E-state index contributed by atoms with van der Waals surface area (Å²) in [6.45, 7) is 0. The summed E-state index contributed by atoms with van der Waals surface area (Å²) < 4.78 is 40.7. The number of ether oxygens (including phenoxy) is 1. The maximum Gasteiger partial charge on any atom is 0.573 e. The fourth-order valence-corrected chi connectivity index (χ4v) is 2.38. The van der Waals surface area contributed by atoms with Gasteiger partial charge in [0.25, 0.3) is 0 Å². The highest BCUT2D eigenvalue weighted by molar-refractivity contribution is 5.99. The first-order chi connectivity index (χ1) is 11.9. The molecule has 3 aromatic carbocycles. The molecule has 0 radical (unpaired) electrons. The highest BCUT2D eigenvalue weighted by Crippen LogP contribution is 2.27. The predicted octanol–water partition coefficient (Wildman–Crippen LogP) is 4.80. The third-order valence-electron chi connectivity index (χ3n) is 3.35. The molecular weight excluding hydrogens is 331 g/mol. The van der Waals surface area contributed by atoms with E-state index in [0.717, 1.165) is 10.8 Å². The average Bonchev–Trinajstić information content (AvgIpc) is 2.54. The molecule has 0 aliphatic rings. The molecule has 4 nitrogen and oxygen atoms in total. The minimum absolute atomic E-state index is 0.0560. The maximum absolute atomic E-state index is 12.3. The number of nitrogens with zero attached hydrogens (tertiary/aromatic N) is 1. The zero-order valence-corrected chi connectivity index (χ0v) is 12.9. The van der Waals surface area contributed by atoms with Gasteiger partial charge in [0.1, 0.15) is 5.75 Å². The molecule has 0 aliphatic carbocycles. The van der Waals surface area contributed by atoms with Crippen molar-refractivity contribution in [3.8, 4) is 5.75 Å². The highest BCUT2D eigenvalue weighted by atomic mass is 19.4. The highest BCUT2D eigenvalue weighted by Gasteiger charge is 2.31. The Hall–Kier alpha value is -3.22. The summed E-state index contributed by atoms with van der Waals surface area (Å²) in [5.41, 5.74) is 6.88. The van der Waals surface area contributed by atoms with Crippen LogP contribution in [-0.2, 0) is 0 Å². The monoisotopic (exact) mass is 345 g/mol. The van der Waals surface area contributed by atoms with Crippen LogP contribution < -0.4 is 15.8 Å². The standard InChI is InChI=1S/C18H14F3N3O/c19-18(20,21)25-14-8-4-7-13(11-14)23-17(22)24-16-10-3-6-12-5-1-2-9-15(12)16/h1-11H,(H3,22,23,24). The van der Waals surface area contributed by atoms with E-state index in [1.807, 2.05) is 36.4 Å². The van der Waals surface area contributed by atoms with E-state index >= 15 is 0 Å². The second-order valence-electron chi connectivity index (χ2n) is 5.20. The molecule has 3 aromatic rings. The smallest absolute Gasteiger partial charge is 0.406 e. The van der Waals surface area contributed by atoms with Gasteiger partial charge in [-0.25, -0.2) is 4.99 Å². The minimum Gasteiger partial charge on any atom is -0.406 e. The van der Waals surface area contributed by atoms with E-state index in [4.69, 9.17) is 5.73 Å². The molecule has 0 heterocycles. The SMILES string of the molecule is NC(=Nc1cccc2ccccc12)Nc1cccc(OC(F)(F)F)c1. The molecule has 0 fully saturated rings. The van der Waals surface area contributed by atoms with Gasteiger partial charge < -0.3 is 15.8 Å². The number of nitrogens with one attached hydrogen (secondary N) is 1. The van der Waals surface area contributed by atoms with Gasteiger partial charge >= 0.3 is 6.36 Å². The Morgan fingerprint density at radius 3 is 2.48 bits per heavy atom. The summed E-state index contributed by atoms with van der Waals surface area (Å²) >= 11 is 0. The van der Waals surface area contributed by atoms with Gasteiger partial charge in [0.2, 0.25) is 0 Å². The van der Waals surface area contributed by atoms with E-state index < -0.39 is 6.36 Å². The Morgan fingerprint density at radius 1 is 0.960 bits per heavy atom. The van der Waals surface area contributed by atoms with Gasteiger partial charge in [0.05, 0.1) is 5.69 Å². The summed E-state index contributed by atoms with van der Waals surface area (Å²) in [7, 11) is 0. The van der Waals surface area contributed by atoms with Gasteiger partial charge in [-0.2, -0.15) is 0 Å². The van der Waals surface area contributed by atoms with Crippen LogP contribution in [0.3, 0.4) is 0 Å². The Morgan fingerprint density at radius 2 is 1.68 bits per heavy atom. The first kappa shape index (κ1) is 16.6. The van der Waals surface area contributed by atoms with Gasteiger partial charge in [-0.1, -0.05) is 42.5 Å². The first-order valence-electron chi connectivity index (χ1n) is 7.35. The number of fused-ring (bicyclic) bond motifs is 1. The summed E-state index contributed by atoms with van der Waals surface area (Å²) in [5.74, 6) is -0.282. The lowest BCUT2D eigenvalue weighted by atomic mass is 10.1. The van der Waals surface area contributed by atoms with Crippen LogP contribution in [0.4, 0.5) is 24.5 Å². The number of aliphatic imine (C=N–C) groups is 1. The Bertz CT molecular complexity index is 917. The van der Waals surface area contributed by atoms with Crippen LogP contribution in [0.5, 0.6) is 5.75 Å². The number of hydrogen-bond donors (Lipinski definition) is 2. The van der Waals surface area contributed by atoms with E-state index in [-0.39, 0.29) is 11.7 Å². The number of nitrogens with two attached hydrogens (primary N) is 1. The van der Waals surface area contributed by atoms with Gasteiger partial charge in [0.15, 0.2) is 5.96 Å². The van der Waals surface area contributed by atoms with Crippen molar-refractivity contribution in [1.29, 1.82) is 0 Å². The van der Waals surface area contributed by atoms with Crippen LogP contribution in [-0.4, -0.2) is 12.3 Å². The molecule has 0 bridgehead atoms. The summed E-state index contributed by atoms with van der Waals surface area (Å²) in [6.07, 6.45) is -4.75. The Balaban J connectivity index is 1.83. The molecule has 0 unspecified atom stereocenters. The van der Waals surface area contributed by atoms with Gasteiger partial charge in [0, 0.05) is 17.1 Å². The molecule has 7 heteroatoms. The number of halogens is 3.